The molecule has 0 aromatic carbocycles. The lowest BCUT2D eigenvalue weighted by atomic mass is 9.71. The van der Waals surface area contributed by atoms with Crippen molar-refractivity contribution in [3.63, 3.8) is 0 Å². The van der Waals surface area contributed by atoms with Crippen molar-refractivity contribution in [1.29, 1.82) is 0 Å². The first-order valence-corrected chi connectivity index (χ1v) is 6.53. The summed E-state index contributed by atoms with van der Waals surface area (Å²) in [6.45, 7) is 3.94. The molecule has 0 bridgehead atoms. The number of hydrogen-bond donors (Lipinski definition) is 2. The van der Waals surface area contributed by atoms with Crippen LogP contribution in [-0.4, -0.2) is 23.0 Å². The van der Waals surface area contributed by atoms with Crippen LogP contribution in [0, 0.1) is 5.41 Å². The molecule has 0 aromatic rings. The fourth-order valence-corrected chi connectivity index (χ4v) is 2.43. The van der Waals surface area contributed by atoms with E-state index in [-0.39, 0.29) is 18.4 Å². The molecule has 4 nitrogen and oxygen atoms in total. The molecule has 2 N–H and O–H groups in total. The van der Waals surface area contributed by atoms with Gasteiger partial charge in [0.15, 0.2) is 0 Å². The largest absolute Gasteiger partial charge is 0.481 e. The molecule has 4 heteroatoms. The Bertz CT molecular complexity index is 282. The Morgan fingerprint density at radius 1 is 1.29 bits per heavy atom. The highest BCUT2D eigenvalue weighted by atomic mass is 16.4. The van der Waals surface area contributed by atoms with Crippen LogP contribution in [0.1, 0.15) is 58.8 Å². The van der Waals surface area contributed by atoms with Crippen LogP contribution in [0.3, 0.4) is 0 Å². The van der Waals surface area contributed by atoms with Gasteiger partial charge in [0.25, 0.3) is 0 Å². The Labute approximate surface area is 103 Å². The van der Waals surface area contributed by atoms with Gasteiger partial charge in [-0.2, -0.15) is 0 Å². The number of amides is 1. The predicted molar refractivity (Wildman–Crippen MR) is 65.7 cm³/mol. The van der Waals surface area contributed by atoms with E-state index in [2.05, 4.69) is 5.32 Å². The molecule has 1 rings (SSSR count). The van der Waals surface area contributed by atoms with E-state index in [9.17, 15) is 14.7 Å². The highest BCUT2D eigenvalue weighted by molar-refractivity contribution is 5.85. The van der Waals surface area contributed by atoms with E-state index in [1.54, 1.807) is 0 Å². The van der Waals surface area contributed by atoms with Crippen molar-refractivity contribution >= 4 is 11.9 Å². The lowest BCUT2D eigenvalue weighted by Crippen LogP contribution is -2.41. The highest BCUT2D eigenvalue weighted by Crippen LogP contribution is 2.39. The molecule has 17 heavy (non-hydrogen) atoms. The van der Waals surface area contributed by atoms with Crippen LogP contribution in [0.4, 0.5) is 0 Å². The van der Waals surface area contributed by atoms with Gasteiger partial charge in [-0.1, -0.05) is 26.2 Å². The van der Waals surface area contributed by atoms with Crippen molar-refractivity contribution in [2.45, 2.75) is 64.8 Å². The van der Waals surface area contributed by atoms with Gasteiger partial charge in [0.1, 0.15) is 0 Å². The molecule has 0 aliphatic heterocycles. The second-order valence-corrected chi connectivity index (χ2v) is 5.20. The van der Waals surface area contributed by atoms with Gasteiger partial charge in [0.05, 0.1) is 5.41 Å². The van der Waals surface area contributed by atoms with Crippen LogP contribution >= 0.6 is 0 Å². The molecular formula is C13H23NO3. The maximum absolute atomic E-state index is 11.8. The van der Waals surface area contributed by atoms with E-state index in [0.29, 0.717) is 12.8 Å². The number of hydrogen-bond acceptors (Lipinski definition) is 2. The van der Waals surface area contributed by atoms with Crippen LogP contribution in [0.5, 0.6) is 0 Å². The minimum Gasteiger partial charge on any atom is -0.481 e. The zero-order valence-electron chi connectivity index (χ0n) is 10.8. The maximum Gasteiger partial charge on any atom is 0.310 e. The van der Waals surface area contributed by atoms with Crippen LogP contribution in [0.25, 0.3) is 0 Å². The summed E-state index contributed by atoms with van der Waals surface area (Å²) >= 11 is 0. The Morgan fingerprint density at radius 3 is 2.35 bits per heavy atom. The lowest BCUT2D eigenvalue weighted by Gasteiger charge is -2.32. The zero-order valence-corrected chi connectivity index (χ0v) is 10.8. The summed E-state index contributed by atoms with van der Waals surface area (Å²) < 4.78 is 0. The fourth-order valence-electron chi connectivity index (χ4n) is 2.43. The third-order valence-electron chi connectivity index (χ3n) is 3.78. The third kappa shape index (κ3) is 3.72. The van der Waals surface area contributed by atoms with Gasteiger partial charge >= 0.3 is 5.97 Å². The SMILES string of the molecule is CC[C@@H](C)NC(=O)CC1(C(=O)O)CCCCC1. The first-order chi connectivity index (χ1) is 8.00. The Balaban J connectivity index is 2.60. The minimum atomic E-state index is -0.810. The van der Waals surface area contributed by atoms with Gasteiger partial charge < -0.3 is 10.4 Å². The average Bonchev–Trinajstić information content (AvgIpc) is 2.29. The molecule has 1 amide bonds. The molecule has 0 radical (unpaired) electrons. The van der Waals surface area contributed by atoms with Gasteiger partial charge in [-0.25, -0.2) is 0 Å². The Morgan fingerprint density at radius 2 is 1.88 bits per heavy atom. The van der Waals surface area contributed by atoms with Gasteiger partial charge in [0.2, 0.25) is 5.91 Å². The van der Waals surface area contributed by atoms with E-state index in [0.717, 1.165) is 25.7 Å². The first-order valence-electron chi connectivity index (χ1n) is 6.53. The van der Waals surface area contributed by atoms with Crippen molar-refractivity contribution in [1.82, 2.24) is 5.32 Å². The standard InChI is InChI=1S/C13H23NO3/c1-3-10(2)14-11(15)9-13(12(16)17)7-5-4-6-8-13/h10H,3-9H2,1-2H3,(H,14,15)(H,16,17)/t10-/m1/s1. The Hall–Kier alpha value is -1.06. The number of carboxylic acid groups (broad SMARTS) is 1. The topological polar surface area (TPSA) is 66.4 Å². The smallest absolute Gasteiger partial charge is 0.310 e. The summed E-state index contributed by atoms with van der Waals surface area (Å²) in [5, 5.41) is 12.2. The summed E-state index contributed by atoms with van der Waals surface area (Å²) in [4.78, 5) is 23.2. The fraction of sp³-hybridized carbons (Fsp3) is 0.846. The molecule has 0 spiro atoms. The van der Waals surface area contributed by atoms with E-state index < -0.39 is 11.4 Å². The van der Waals surface area contributed by atoms with Crippen LogP contribution in [0.2, 0.25) is 0 Å². The molecule has 1 aliphatic carbocycles. The molecule has 0 aromatic heterocycles. The van der Waals surface area contributed by atoms with Crippen molar-refractivity contribution in [3.8, 4) is 0 Å². The molecular weight excluding hydrogens is 218 g/mol. The van der Waals surface area contributed by atoms with E-state index in [1.807, 2.05) is 13.8 Å². The molecule has 1 fully saturated rings. The Kier molecular flexibility index (Phi) is 4.97. The van der Waals surface area contributed by atoms with Gasteiger partial charge in [0, 0.05) is 12.5 Å². The number of carboxylic acids is 1. The van der Waals surface area contributed by atoms with E-state index in [4.69, 9.17) is 0 Å². The summed E-state index contributed by atoms with van der Waals surface area (Å²) in [6, 6.07) is 0.122. The quantitative estimate of drug-likeness (QED) is 0.776. The van der Waals surface area contributed by atoms with Crippen molar-refractivity contribution in [2.75, 3.05) is 0 Å². The van der Waals surface area contributed by atoms with Crippen LogP contribution in [-0.2, 0) is 9.59 Å². The normalized spacial score (nSPS) is 20.6. The molecule has 98 valence electrons. The molecule has 1 aliphatic rings. The molecule has 0 heterocycles. The molecule has 0 unspecified atom stereocenters. The van der Waals surface area contributed by atoms with Gasteiger partial charge in [-0.15, -0.1) is 0 Å². The number of aliphatic carboxylic acids is 1. The van der Waals surface area contributed by atoms with E-state index in [1.165, 1.54) is 0 Å². The van der Waals surface area contributed by atoms with Gasteiger partial charge in [-0.3, -0.25) is 9.59 Å². The number of carbonyl (C=O) groups excluding carboxylic acids is 1. The number of rotatable bonds is 5. The van der Waals surface area contributed by atoms with E-state index >= 15 is 0 Å². The lowest BCUT2D eigenvalue weighted by molar-refractivity contribution is -0.154. The maximum atomic E-state index is 11.8. The van der Waals surface area contributed by atoms with Gasteiger partial charge in [-0.05, 0) is 26.2 Å². The van der Waals surface area contributed by atoms with Crippen molar-refractivity contribution in [3.05, 3.63) is 0 Å². The zero-order chi connectivity index (χ0) is 12.9. The summed E-state index contributed by atoms with van der Waals surface area (Å²) in [5.41, 5.74) is -0.810. The average molecular weight is 241 g/mol. The number of carbonyl (C=O) groups is 2. The molecule has 0 saturated heterocycles. The number of nitrogens with one attached hydrogen (secondary N) is 1. The van der Waals surface area contributed by atoms with Crippen molar-refractivity contribution < 1.29 is 14.7 Å². The second-order valence-electron chi connectivity index (χ2n) is 5.20. The molecule has 1 atom stereocenters. The predicted octanol–water partition coefficient (Wildman–Crippen LogP) is 2.33. The second kappa shape index (κ2) is 6.03. The van der Waals surface area contributed by atoms with Crippen molar-refractivity contribution in [2.24, 2.45) is 5.41 Å². The van der Waals surface area contributed by atoms with Crippen LogP contribution in [0.15, 0.2) is 0 Å². The highest BCUT2D eigenvalue weighted by Gasteiger charge is 2.41. The third-order valence-corrected chi connectivity index (χ3v) is 3.78. The minimum absolute atomic E-state index is 0.122. The first kappa shape index (κ1) is 14.0. The molecule has 1 saturated carbocycles. The summed E-state index contributed by atoms with van der Waals surface area (Å²) in [7, 11) is 0. The summed E-state index contributed by atoms with van der Waals surface area (Å²) in [6.07, 6.45) is 5.19. The van der Waals surface area contributed by atoms with Crippen LogP contribution < -0.4 is 5.32 Å². The monoisotopic (exact) mass is 241 g/mol. The summed E-state index contributed by atoms with van der Waals surface area (Å²) in [5.74, 6) is -0.930.